The molecule has 0 aliphatic heterocycles. The normalized spacial score (nSPS) is 10.5. The van der Waals surface area contributed by atoms with E-state index in [0.29, 0.717) is 16.8 Å². The van der Waals surface area contributed by atoms with Crippen LogP contribution >= 0.6 is 15.9 Å². The maximum atomic E-state index is 10.8. The lowest BCUT2D eigenvalue weighted by molar-refractivity contribution is 0.0689. The molecule has 0 amide bonds. The van der Waals surface area contributed by atoms with Gasteiger partial charge in [0.25, 0.3) is 0 Å². The first-order valence-corrected chi connectivity index (χ1v) is 5.44. The molecule has 6 nitrogen and oxygen atoms in total. The van der Waals surface area contributed by atoms with Crippen LogP contribution < -0.4 is 5.32 Å². The Morgan fingerprint density at radius 1 is 1.56 bits per heavy atom. The van der Waals surface area contributed by atoms with Gasteiger partial charge in [-0.15, -0.1) is 0 Å². The van der Waals surface area contributed by atoms with Crippen molar-refractivity contribution in [2.45, 2.75) is 0 Å². The molecule has 0 saturated carbocycles. The predicted molar refractivity (Wildman–Crippen MR) is 63.7 cm³/mol. The highest BCUT2D eigenvalue weighted by Crippen LogP contribution is 2.22. The van der Waals surface area contributed by atoms with Crippen molar-refractivity contribution in [3.63, 3.8) is 0 Å². The van der Waals surface area contributed by atoms with E-state index in [1.807, 2.05) is 19.0 Å². The molecule has 0 spiro atoms. The van der Waals surface area contributed by atoms with Crippen molar-refractivity contribution in [2.24, 2.45) is 0 Å². The molecule has 1 aromatic heterocycles. The Hall–Kier alpha value is -1.21. The van der Waals surface area contributed by atoms with Crippen LogP contribution in [0.5, 0.6) is 0 Å². The summed E-state index contributed by atoms with van der Waals surface area (Å²) in [6.45, 7) is 1.51. The molecule has 7 heteroatoms. The molecule has 0 fully saturated rings. The Morgan fingerprint density at radius 2 is 2.25 bits per heavy atom. The van der Waals surface area contributed by atoms with Crippen molar-refractivity contribution in [2.75, 3.05) is 32.5 Å². The second-order valence-corrected chi connectivity index (χ2v) is 4.21. The number of aromatic nitrogens is 2. The largest absolute Gasteiger partial charge is 0.476 e. The third kappa shape index (κ3) is 3.42. The number of hydrogen-bond donors (Lipinski definition) is 2. The summed E-state index contributed by atoms with van der Waals surface area (Å²) < 4.78 is 0.376. The number of carboxylic acid groups (broad SMARTS) is 1. The lowest BCUT2D eigenvalue weighted by atomic mass is 10.4. The van der Waals surface area contributed by atoms with E-state index in [0.717, 1.165) is 6.54 Å². The molecule has 0 aliphatic carbocycles. The molecule has 1 aromatic rings. The van der Waals surface area contributed by atoms with Gasteiger partial charge < -0.3 is 15.3 Å². The number of halogens is 1. The van der Waals surface area contributed by atoms with E-state index in [-0.39, 0.29) is 5.69 Å². The SMILES string of the molecule is CN(C)CCNc1ncnc(C(=O)O)c1Br. The van der Waals surface area contributed by atoms with Crippen molar-refractivity contribution in [3.05, 3.63) is 16.5 Å². The van der Waals surface area contributed by atoms with Crippen molar-refractivity contribution in [1.82, 2.24) is 14.9 Å². The summed E-state index contributed by atoms with van der Waals surface area (Å²) in [6, 6.07) is 0. The minimum Gasteiger partial charge on any atom is -0.476 e. The van der Waals surface area contributed by atoms with E-state index in [1.165, 1.54) is 6.33 Å². The standard InChI is InChI=1S/C9H13BrN4O2/c1-14(2)4-3-11-8-6(10)7(9(15)16)12-5-13-8/h5H,3-4H2,1-2H3,(H,15,16)(H,11,12,13). The first-order valence-electron chi connectivity index (χ1n) is 4.64. The van der Waals surface area contributed by atoms with Crippen molar-refractivity contribution < 1.29 is 9.90 Å². The van der Waals surface area contributed by atoms with Crippen LogP contribution in [0, 0.1) is 0 Å². The van der Waals surface area contributed by atoms with Gasteiger partial charge in [-0.25, -0.2) is 14.8 Å². The summed E-state index contributed by atoms with van der Waals surface area (Å²) in [5.74, 6) is -0.584. The summed E-state index contributed by atoms with van der Waals surface area (Å²) in [5, 5.41) is 11.9. The van der Waals surface area contributed by atoms with Crippen LogP contribution in [0.15, 0.2) is 10.8 Å². The maximum Gasteiger partial charge on any atom is 0.355 e. The van der Waals surface area contributed by atoms with Crippen molar-refractivity contribution in [3.8, 4) is 0 Å². The zero-order chi connectivity index (χ0) is 12.1. The van der Waals surface area contributed by atoms with Crippen LogP contribution in [0.1, 0.15) is 10.5 Å². The molecule has 88 valence electrons. The molecule has 0 saturated heterocycles. The molecule has 0 radical (unpaired) electrons. The molecule has 0 aromatic carbocycles. The van der Waals surface area contributed by atoms with E-state index in [2.05, 4.69) is 31.2 Å². The fourth-order valence-corrected chi connectivity index (χ4v) is 1.55. The molecule has 0 unspecified atom stereocenters. The lowest BCUT2D eigenvalue weighted by Crippen LogP contribution is -2.21. The van der Waals surface area contributed by atoms with Gasteiger partial charge in [0, 0.05) is 13.1 Å². The number of rotatable bonds is 5. The minimum absolute atomic E-state index is 0.0395. The lowest BCUT2D eigenvalue weighted by Gasteiger charge is -2.12. The molecular formula is C9H13BrN4O2. The maximum absolute atomic E-state index is 10.8. The molecule has 16 heavy (non-hydrogen) atoms. The second-order valence-electron chi connectivity index (χ2n) is 3.42. The average molecular weight is 289 g/mol. The van der Waals surface area contributed by atoms with Gasteiger partial charge in [-0.1, -0.05) is 0 Å². The van der Waals surface area contributed by atoms with E-state index in [4.69, 9.17) is 5.11 Å². The quantitative estimate of drug-likeness (QED) is 0.839. The van der Waals surface area contributed by atoms with Gasteiger partial charge >= 0.3 is 5.97 Å². The first-order chi connectivity index (χ1) is 7.52. The van der Waals surface area contributed by atoms with E-state index < -0.39 is 5.97 Å². The first kappa shape index (κ1) is 12.9. The van der Waals surface area contributed by atoms with E-state index in [9.17, 15) is 4.79 Å². The molecule has 2 N–H and O–H groups in total. The number of anilines is 1. The van der Waals surface area contributed by atoms with Gasteiger partial charge in [-0.3, -0.25) is 0 Å². The molecule has 1 heterocycles. The smallest absolute Gasteiger partial charge is 0.355 e. The Kier molecular flexibility index (Phi) is 4.63. The second kappa shape index (κ2) is 5.76. The Bertz CT molecular complexity index is 384. The van der Waals surface area contributed by atoms with Crippen LogP contribution in [0.4, 0.5) is 5.82 Å². The number of aromatic carboxylic acids is 1. The summed E-state index contributed by atoms with van der Waals surface area (Å²) in [7, 11) is 3.92. The summed E-state index contributed by atoms with van der Waals surface area (Å²) >= 11 is 3.17. The predicted octanol–water partition coefficient (Wildman–Crippen LogP) is 0.911. The minimum atomic E-state index is -1.08. The molecule has 1 rings (SSSR count). The number of carbonyl (C=O) groups is 1. The van der Waals surface area contributed by atoms with Crippen LogP contribution in [0.3, 0.4) is 0 Å². The van der Waals surface area contributed by atoms with Crippen molar-refractivity contribution >= 4 is 27.7 Å². The molecule has 0 aliphatic rings. The van der Waals surface area contributed by atoms with Crippen molar-refractivity contribution in [1.29, 1.82) is 0 Å². The number of hydrogen-bond acceptors (Lipinski definition) is 5. The number of nitrogens with zero attached hydrogens (tertiary/aromatic N) is 3. The van der Waals surface area contributed by atoms with Gasteiger partial charge in [0.05, 0.1) is 4.47 Å². The number of carboxylic acids is 1. The van der Waals surface area contributed by atoms with Gasteiger partial charge in [0.1, 0.15) is 12.1 Å². The summed E-state index contributed by atoms with van der Waals surface area (Å²) in [5.41, 5.74) is -0.0395. The highest BCUT2D eigenvalue weighted by atomic mass is 79.9. The van der Waals surface area contributed by atoms with E-state index in [1.54, 1.807) is 0 Å². The van der Waals surface area contributed by atoms with Crippen LogP contribution in [-0.4, -0.2) is 53.1 Å². The molecule has 0 atom stereocenters. The monoisotopic (exact) mass is 288 g/mol. The number of likely N-dealkylation sites (N-methyl/N-ethyl adjacent to an activating group) is 1. The fourth-order valence-electron chi connectivity index (χ4n) is 1.04. The highest BCUT2D eigenvalue weighted by Gasteiger charge is 2.14. The van der Waals surface area contributed by atoms with Gasteiger partial charge in [-0.2, -0.15) is 0 Å². The van der Waals surface area contributed by atoms with Gasteiger partial charge in [0.15, 0.2) is 5.69 Å². The van der Waals surface area contributed by atoms with Gasteiger partial charge in [-0.05, 0) is 30.0 Å². The molecule has 0 bridgehead atoms. The Balaban J connectivity index is 2.73. The van der Waals surface area contributed by atoms with Crippen LogP contribution in [0.25, 0.3) is 0 Å². The van der Waals surface area contributed by atoms with Crippen LogP contribution in [-0.2, 0) is 0 Å². The summed E-state index contributed by atoms with van der Waals surface area (Å²) in [4.78, 5) is 20.5. The molecular weight excluding hydrogens is 276 g/mol. The Labute approximate surface area is 102 Å². The third-order valence-corrected chi connectivity index (χ3v) is 2.59. The third-order valence-electron chi connectivity index (χ3n) is 1.84. The number of nitrogens with one attached hydrogen (secondary N) is 1. The van der Waals surface area contributed by atoms with Gasteiger partial charge in [0.2, 0.25) is 0 Å². The van der Waals surface area contributed by atoms with Crippen LogP contribution in [0.2, 0.25) is 0 Å². The highest BCUT2D eigenvalue weighted by molar-refractivity contribution is 9.10. The zero-order valence-electron chi connectivity index (χ0n) is 9.07. The zero-order valence-corrected chi connectivity index (χ0v) is 10.7. The average Bonchev–Trinajstić information content (AvgIpc) is 2.19. The Morgan fingerprint density at radius 3 is 2.81 bits per heavy atom. The fraction of sp³-hybridized carbons (Fsp3) is 0.444. The summed E-state index contributed by atoms with van der Waals surface area (Å²) in [6.07, 6.45) is 1.23. The van der Waals surface area contributed by atoms with E-state index >= 15 is 0 Å². The topological polar surface area (TPSA) is 78.3 Å².